The van der Waals surface area contributed by atoms with Crippen LogP contribution in [0.5, 0.6) is 5.75 Å². The summed E-state index contributed by atoms with van der Waals surface area (Å²) in [6.45, 7) is 8.13. The molecule has 0 aliphatic heterocycles. The van der Waals surface area contributed by atoms with Crippen LogP contribution in [-0.2, 0) is 32.0 Å². The number of phenolic OH excluding ortho intramolecular Hbond substituents is 1. The fourth-order valence-corrected chi connectivity index (χ4v) is 8.91. The summed E-state index contributed by atoms with van der Waals surface area (Å²) in [6, 6.07) is 3.37. The molecule has 1 aromatic rings. The Hall–Kier alpha value is -2.67. The number of carbonyl (C=O) groups is 5. The summed E-state index contributed by atoms with van der Waals surface area (Å²) in [4.78, 5) is 68.1. The van der Waals surface area contributed by atoms with Gasteiger partial charge in [-0.15, -0.1) is 0 Å². The highest BCUT2D eigenvalue weighted by Gasteiger charge is 2.76. The standard InChI is InChI=1S/C31H38O7/c1-15(2)23-25(34)21(16(3)32)27(36)31(38)28(37)24-26(35)22-19(13-29(24,4)14-30(23,31)5)18(10-11-20(22)33)12-17-8-6-7-9-17/h10-11,15,17,21,23-24,33,38H,6-9,12-14H2,1-5H3/t21?,23?,24?,29-,30-,31+/m1/s1. The largest absolute Gasteiger partial charge is 0.507 e. The molecule has 2 N–H and O–H groups in total. The minimum atomic E-state index is -2.65. The molecule has 7 heteroatoms. The molecule has 5 rings (SSSR count). The Labute approximate surface area is 223 Å². The van der Waals surface area contributed by atoms with E-state index in [0.717, 1.165) is 37.3 Å². The van der Waals surface area contributed by atoms with Gasteiger partial charge in [-0.3, -0.25) is 24.0 Å². The van der Waals surface area contributed by atoms with Crippen molar-refractivity contribution < 1.29 is 34.2 Å². The topological polar surface area (TPSA) is 126 Å². The van der Waals surface area contributed by atoms with Gasteiger partial charge in [0.2, 0.25) is 0 Å². The van der Waals surface area contributed by atoms with E-state index in [9.17, 15) is 34.2 Å². The lowest BCUT2D eigenvalue weighted by atomic mass is 9.40. The number of rotatable bonds is 4. The van der Waals surface area contributed by atoms with Crippen LogP contribution in [0.25, 0.3) is 0 Å². The number of carbonyl (C=O) groups excluding carboxylic acids is 5. The number of aromatic hydroxyl groups is 1. The molecule has 0 amide bonds. The van der Waals surface area contributed by atoms with Gasteiger partial charge in [-0.2, -0.15) is 0 Å². The van der Waals surface area contributed by atoms with E-state index >= 15 is 0 Å². The summed E-state index contributed by atoms with van der Waals surface area (Å²) >= 11 is 0. The molecule has 3 saturated carbocycles. The molecule has 0 spiro atoms. The predicted octanol–water partition coefficient (Wildman–Crippen LogP) is 3.83. The van der Waals surface area contributed by atoms with Crippen LogP contribution in [0.15, 0.2) is 12.1 Å². The van der Waals surface area contributed by atoms with Crippen molar-refractivity contribution in [3.05, 3.63) is 28.8 Å². The predicted molar refractivity (Wildman–Crippen MR) is 139 cm³/mol. The molecule has 0 radical (unpaired) electrons. The van der Waals surface area contributed by atoms with Crippen LogP contribution in [-0.4, -0.2) is 44.7 Å². The van der Waals surface area contributed by atoms with Crippen molar-refractivity contribution >= 4 is 28.9 Å². The number of Topliss-reactive ketones (excluding diaryl/α,β-unsaturated/α-hetero) is 5. The molecule has 4 aliphatic rings. The molecule has 4 aliphatic carbocycles. The molecule has 7 nitrogen and oxygen atoms in total. The van der Waals surface area contributed by atoms with E-state index in [1.807, 2.05) is 13.0 Å². The average molecular weight is 523 g/mol. The summed E-state index contributed by atoms with van der Waals surface area (Å²) in [7, 11) is 0. The molecule has 0 heterocycles. The maximum absolute atomic E-state index is 14.3. The number of phenols is 1. The number of fused-ring (bicyclic) bond motifs is 3. The smallest absolute Gasteiger partial charge is 0.190 e. The summed E-state index contributed by atoms with van der Waals surface area (Å²) in [5.41, 5.74) is -3.28. The first kappa shape index (κ1) is 26.9. The van der Waals surface area contributed by atoms with Crippen molar-refractivity contribution in [2.75, 3.05) is 0 Å². The highest BCUT2D eigenvalue weighted by Crippen LogP contribution is 2.63. The maximum atomic E-state index is 14.3. The van der Waals surface area contributed by atoms with Crippen molar-refractivity contribution in [2.24, 2.45) is 40.4 Å². The second kappa shape index (κ2) is 8.67. The quantitative estimate of drug-likeness (QED) is 0.576. The molecule has 0 aromatic heterocycles. The van der Waals surface area contributed by atoms with Gasteiger partial charge in [-0.05, 0) is 60.6 Å². The second-order valence-corrected chi connectivity index (χ2v) is 13.3. The summed E-state index contributed by atoms with van der Waals surface area (Å²) in [6.07, 6.45) is 5.77. The second-order valence-electron chi connectivity index (χ2n) is 13.3. The van der Waals surface area contributed by atoms with Gasteiger partial charge in [0, 0.05) is 11.3 Å². The zero-order valence-corrected chi connectivity index (χ0v) is 22.9. The van der Waals surface area contributed by atoms with Gasteiger partial charge in [0.25, 0.3) is 0 Å². The van der Waals surface area contributed by atoms with Crippen LogP contribution in [0.2, 0.25) is 0 Å². The van der Waals surface area contributed by atoms with E-state index in [2.05, 4.69) is 0 Å². The Morgan fingerprint density at radius 3 is 2.26 bits per heavy atom. The Balaban J connectivity index is 1.68. The monoisotopic (exact) mass is 522 g/mol. The van der Waals surface area contributed by atoms with Crippen molar-refractivity contribution in [2.45, 2.75) is 85.2 Å². The number of benzene rings is 1. The minimum absolute atomic E-state index is 0.0849. The van der Waals surface area contributed by atoms with Crippen molar-refractivity contribution in [3.8, 4) is 5.75 Å². The van der Waals surface area contributed by atoms with E-state index < -0.39 is 63.1 Å². The molecule has 6 atom stereocenters. The average Bonchev–Trinajstić information content (AvgIpc) is 3.31. The molecule has 38 heavy (non-hydrogen) atoms. The number of hydrogen-bond donors (Lipinski definition) is 2. The number of ketones is 5. The summed E-state index contributed by atoms with van der Waals surface area (Å²) in [5.74, 6) is -7.98. The Kier molecular flexibility index (Phi) is 6.14. The van der Waals surface area contributed by atoms with Gasteiger partial charge >= 0.3 is 0 Å². The van der Waals surface area contributed by atoms with E-state index in [4.69, 9.17) is 0 Å². The van der Waals surface area contributed by atoms with Crippen LogP contribution >= 0.6 is 0 Å². The molecule has 3 unspecified atom stereocenters. The van der Waals surface area contributed by atoms with Crippen LogP contribution in [0, 0.1) is 40.4 Å². The van der Waals surface area contributed by atoms with Crippen LogP contribution < -0.4 is 0 Å². The first-order chi connectivity index (χ1) is 17.7. The number of hydrogen-bond acceptors (Lipinski definition) is 7. The van der Waals surface area contributed by atoms with E-state index in [1.54, 1.807) is 20.8 Å². The van der Waals surface area contributed by atoms with Gasteiger partial charge in [0.05, 0.1) is 11.5 Å². The van der Waals surface area contributed by atoms with Crippen molar-refractivity contribution in [3.63, 3.8) is 0 Å². The third-order valence-corrected chi connectivity index (χ3v) is 10.3. The molecule has 0 bridgehead atoms. The maximum Gasteiger partial charge on any atom is 0.190 e. The Bertz CT molecular complexity index is 1270. The van der Waals surface area contributed by atoms with Gasteiger partial charge in [-0.25, -0.2) is 0 Å². The lowest BCUT2D eigenvalue weighted by Crippen LogP contribution is -2.76. The number of aliphatic hydroxyl groups is 1. The summed E-state index contributed by atoms with van der Waals surface area (Å²) in [5, 5.41) is 22.8. The van der Waals surface area contributed by atoms with Gasteiger partial charge in [0.15, 0.2) is 28.7 Å². The molecule has 3 fully saturated rings. The molecule has 204 valence electrons. The first-order valence-electron chi connectivity index (χ1n) is 13.9. The molecule has 0 saturated heterocycles. The molecule has 1 aromatic carbocycles. The van der Waals surface area contributed by atoms with Gasteiger partial charge < -0.3 is 10.2 Å². The minimum Gasteiger partial charge on any atom is -0.507 e. The van der Waals surface area contributed by atoms with Crippen LogP contribution in [0.4, 0.5) is 0 Å². The molecular weight excluding hydrogens is 484 g/mol. The lowest BCUT2D eigenvalue weighted by Gasteiger charge is -2.62. The van der Waals surface area contributed by atoms with E-state index in [0.29, 0.717) is 12.3 Å². The van der Waals surface area contributed by atoms with Crippen LogP contribution in [0.3, 0.4) is 0 Å². The highest BCUT2D eigenvalue weighted by molar-refractivity contribution is 6.32. The summed E-state index contributed by atoms with van der Waals surface area (Å²) < 4.78 is 0. The SMILES string of the molecule is CC(=O)C1C(=O)C(C(C)C)[C@@]2(C)C[C@@]3(C)Cc4c(CC5CCCC5)ccc(O)c4C(=O)C3C(=O)[C@@]2(O)C1=O. The zero-order valence-electron chi connectivity index (χ0n) is 22.9. The Morgan fingerprint density at radius 1 is 1.05 bits per heavy atom. The fourth-order valence-electron chi connectivity index (χ4n) is 8.91. The van der Waals surface area contributed by atoms with E-state index in [1.165, 1.54) is 18.9 Å². The lowest BCUT2D eigenvalue weighted by molar-refractivity contribution is -0.205. The molecular formula is C31H38O7. The first-order valence-corrected chi connectivity index (χ1v) is 13.9. The highest BCUT2D eigenvalue weighted by atomic mass is 16.3. The van der Waals surface area contributed by atoms with Crippen molar-refractivity contribution in [1.82, 2.24) is 0 Å². The normalized spacial score (nSPS) is 37.3. The van der Waals surface area contributed by atoms with Gasteiger partial charge in [-0.1, -0.05) is 59.4 Å². The fraction of sp³-hybridized carbons (Fsp3) is 0.645. The third kappa shape index (κ3) is 3.39. The zero-order chi connectivity index (χ0) is 27.9. The van der Waals surface area contributed by atoms with Crippen LogP contribution in [0.1, 0.15) is 88.2 Å². The third-order valence-electron chi connectivity index (χ3n) is 10.3. The Morgan fingerprint density at radius 2 is 1.68 bits per heavy atom. The van der Waals surface area contributed by atoms with Gasteiger partial charge in [0.1, 0.15) is 17.5 Å². The van der Waals surface area contributed by atoms with Crippen molar-refractivity contribution in [1.29, 1.82) is 0 Å². The van der Waals surface area contributed by atoms with E-state index in [-0.39, 0.29) is 23.7 Å².